The first-order chi connectivity index (χ1) is 7.37. The second kappa shape index (κ2) is 5.30. The van der Waals surface area contributed by atoms with E-state index in [0.717, 1.165) is 18.9 Å². The third-order valence-corrected chi connectivity index (χ3v) is 4.80. The Labute approximate surface area is 98.6 Å². The van der Waals surface area contributed by atoms with Crippen LogP contribution in [0.25, 0.3) is 0 Å². The summed E-state index contributed by atoms with van der Waals surface area (Å²) in [5.41, 5.74) is 0.108. The average Bonchev–Trinajstić information content (AvgIpc) is 2.89. The van der Waals surface area contributed by atoms with Gasteiger partial charge in [-0.1, -0.05) is 0 Å². The molecular formula is C10H16N2OS2. The van der Waals surface area contributed by atoms with Crippen LogP contribution in [0.15, 0.2) is 11.6 Å². The van der Waals surface area contributed by atoms with E-state index in [0.29, 0.717) is 0 Å². The van der Waals surface area contributed by atoms with Crippen molar-refractivity contribution < 1.29 is 4.74 Å². The van der Waals surface area contributed by atoms with Gasteiger partial charge in [0, 0.05) is 31.0 Å². The molecule has 0 saturated carbocycles. The minimum atomic E-state index is 0.108. The van der Waals surface area contributed by atoms with Gasteiger partial charge in [0.2, 0.25) is 0 Å². The van der Waals surface area contributed by atoms with Crippen LogP contribution in [0.5, 0.6) is 0 Å². The molecule has 0 aromatic carbocycles. The molecule has 2 rings (SSSR count). The predicted molar refractivity (Wildman–Crippen MR) is 65.6 cm³/mol. The summed E-state index contributed by atoms with van der Waals surface area (Å²) < 4.78 is 5.08. The van der Waals surface area contributed by atoms with Crippen molar-refractivity contribution >= 4 is 23.1 Å². The quantitative estimate of drug-likeness (QED) is 0.800. The molecular weight excluding hydrogens is 228 g/mol. The summed E-state index contributed by atoms with van der Waals surface area (Å²) in [6.45, 7) is 1.66. The van der Waals surface area contributed by atoms with Crippen LogP contribution in [0.2, 0.25) is 0 Å². The molecule has 0 aliphatic carbocycles. The van der Waals surface area contributed by atoms with Gasteiger partial charge in [-0.3, -0.25) is 0 Å². The summed E-state index contributed by atoms with van der Waals surface area (Å²) in [7, 11) is 1.74. The third-order valence-electron chi connectivity index (χ3n) is 2.63. The maximum atomic E-state index is 5.08. The third kappa shape index (κ3) is 2.53. The molecule has 0 spiro atoms. The Morgan fingerprint density at radius 3 is 3.20 bits per heavy atom. The molecule has 2 heterocycles. The van der Waals surface area contributed by atoms with Gasteiger partial charge < -0.3 is 10.1 Å². The van der Waals surface area contributed by atoms with Crippen molar-refractivity contribution in [3.63, 3.8) is 0 Å². The van der Waals surface area contributed by atoms with Crippen LogP contribution < -0.4 is 5.32 Å². The molecule has 1 aliphatic rings. The molecule has 1 aromatic heterocycles. The van der Waals surface area contributed by atoms with Gasteiger partial charge >= 0.3 is 0 Å². The number of methoxy groups -OCH3 is 1. The monoisotopic (exact) mass is 244 g/mol. The van der Waals surface area contributed by atoms with Crippen LogP contribution in [-0.4, -0.2) is 36.8 Å². The highest BCUT2D eigenvalue weighted by Gasteiger charge is 2.37. The van der Waals surface area contributed by atoms with Crippen molar-refractivity contribution in [1.82, 2.24) is 10.3 Å². The Balaban J connectivity index is 2.04. The van der Waals surface area contributed by atoms with E-state index in [1.165, 1.54) is 17.2 Å². The van der Waals surface area contributed by atoms with Crippen LogP contribution in [0.1, 0.15) is 11.4 Å². The molecule has 15 heavy (non-hydrogen) atoms. The molecule has 1 N–H and O–H groups in total. The molecule has 5 heteroatoms. The van der Waals surface area contributed by atoms with Crippen molar-refractivity contribution in [3.8, 4) is 0 Å². The highest BCUT2D eigenvalue weighted by molar-refractivity contribution is 7.99. The summed E-state index contributed by atoms with van der Waals surface area (Å²) >= 11 is 3.75. The molecule has 84 valence electrons. The van der Waals surface area contributed by atoms with Gasteiger partial charge in [0.25, 0.3) is 0 Å². The Morgan fingerprint density at radius 1 is 1.67 bits per heavy atom. The fourth-order valence-corrected chi connectivity index (χ4v) is 4.11. The van der Waals surface area contributed by atoms with Gasteiger partial charge in [0.15, 0.2) is 0 Å². The lowest BCUT2D eigenvalue weighted by molar-refractivity contribution is 0.187. The average molecular weight is 244 g/mol. The van der Waals surface area contributed by atoms with Gasteiger partial charge in [-0.25, -0.2) is 4.98 Å². The van der Waals surface area contributed by atoms with Crippen LogP contribution >= 0.6 is 23.1 Å². The lowest BCUT2D eigenvalue weighted by Gasteiger charge is -2.27. The summed E-state index contributed by atoms with van der Waals surface area (Å²) in [5.74, 6) is 2.35. The Kier molecular flexibility index (Phi) is 4.02. The topological polar surface area (TPSA) is 34.1 Å². The molecule has 1 unspecified atom stereocenters. The van der Waals surface area contributed by atoms with Crippen molar-refractivity contribution in [3.05, 3.63) is 16.6 Å². The number of thiazole rings is 1. The van der Waals surface area contributed by atoms with Gasteiger partial charge in [-0.2, -0.15) is 11.8 Å². The minimum Gasteiger partial charge on any atom is -0.383 e. The smallest absolute Gasteiger partial charge is 0.114 e. The van der Waals surface area contributed by atoms with Crippen molar-refractivity contribution in [2.24, 2.45) is 0 Å². The van der Waals surface area contributed by atoms with E-state index in [1.54, 1.807) is 18.4 Å². The lowest BCUT2D eigenvalue weighted by Crippen LogP contribution is -2.43. The highest BCUT2D eigenvalue weighted by Crippen LogP contribution is 2.37. The number of hydrogen-bond acceptors (Lipinski definition) is 5. The van der Waals surface area contributed by atoms with Crippen molar-refractivity contribution in [1.29, 1.82) is 0 Å². The van der Waals surface area contributed by atoms with E-state index >= 15 is 0 Å². The summed E-state index contributed by atoms with van der Waals surface area (Å²) in [6.07, 6.45) is 3.07. The maximum absolute atomic E-state index is 5.08. The molecule has 0 radical (unpaired) electrons. The zero-order valence-electron chi connectivity index (χ0n) is 8.86. The van der Waals surface area contributed by atoms with E-state index in [2.05, 4.69) is 15.7 Å². The van der Waals surface area contributed by atoms with E-state index < -0.39 is 0 Å². The fourth-order valence-electron chi connectivity index (χ4n) is 1.80. The standard InChI is InChI=1S/C10H16N2OS2/c1-13-5-3-12-10(2-6-14-8-10)9-11-4-7-15-9/h4,7,12H,2-3,5-6,8H2,1H3. The summed E-state index contributed by atoms with van der Waals surface area (Å²) in [4.78, 5) is 4.45. The van der Waals surface area contributed by atoms with E-state index in [-0.39, 0.29) is 5.54 Å². The Hall–Kier alpha value is -0.100. The fraction of sp³-hybridized carbons (Fsp3) is 0.700. The van der Waals surface area contributed by atoms with E-state index in [1.807, 2.05) is 18.0 Å². The van der Waals surface area contributed by atoms with E-state index in [9.17, 15) is 0 Å². The summed E-state index contributed by atoms with van der Waals surface area (Å²) in [6, 6.07) is 0. The van der Waals surface area contributed by atoms with Gasteiger partial charge in [0.05, 0.1) is 12.1 Å². The molecule has 1 aliphatic heterocycles. The number of thioether (sulfide) groups is 1. The lowest BCUT2D eigenvalue weighted by atomic mass is 10.00. The second-order valence-electron chi connectivity index (χ2n) is 3.64. The van der Waals surface area contributed by atoms with Crippen molar-refractivity contribution in [2.75, 3.05) is 31.8 Å². The minimum absolute atomic E-state index is 0.108. The first-order valence-electron chi connectivity index (χ1n) is 5.09. The van der Waals surface area contributed by atoms with Gasteiger partial charge in [-0.15, -0.1) is 11.3 Å². The van der Waals surface area contributed by atoms with Gasteiger partial charge in [0.1, 0.15) is 5.01 Å². The number of ether oxygens (including phenoxy) is 1. The Morgan fingerprint density at radius 2 is 2.60 bits per heavy atom. The van der Waals surface area contributed by atoms with Crippen LogP contribution in [-0.2, 0) is 10.3 Å². The number of hydrogen-bond donors (Lipinski definition) is 1. The van der Waals surface area contributed by atoms with Crippen molar-refractivity contribution in [2.45, 2.75) is 12.0 Å². The van der Waals surface area contributed by atoms with E-state index in [4.69, 9.17) is 4.74 Å². The number of nitrogens with zero attached hydrogens (tertiary/aromatic N) is 1. The van der Waals surface area contributed by atoms with Crippen LogP contribution in [0, 0.1) is 0 Å². The first kappa shape index (κ1) is 11.4. The molecule has 1 atom stereocenters. The van der Waals surface area contributed by atoms with Crippen LogP contribution in [0.4, 0.5) is 0 Å². The molecule has 1 aromatic rings. The molecule has 1 fully saturated rings. The maximum Gasteiger partial charge on any atom is 0.114 e. The molecule has 0 amide bonds. The normalized spacial score (nSPS) is 25.9. The zero-order chi connectivity index (χ0) is 10.6. The largest absolute Gasteiger partial charge is 0.383 e. The number of aromatic nitrogens is 1. The molecule has 1 saturated heterocycles. The zero-order valence-corrected chi connectivity index (χ0v) is 10.5. The summed E-state index contributed by atoms with van der Waals surface area (Å²) in [5, 5.41) is 6.88. The highest BCUT2D eigenvalue weighted by atomic mass is 32.2. The molecule has 3 nitrogen and oxygen atoms in total. The number of rotatable bonds is 5. The second-order valence-corrected chi connectivity index (χ2v) is 5.64. The van der Waals surface area contributed by atoms with Gasteiger partial charge in [-0.05, 0) is 12.2 Å². The molecule has 0 bridgehead atoms. The Bertz CT molecular complexity index is 284. The predicted octanol–water partition coefficient (Wildman–Crippen LogP) is 1.71. The van der Waals surface area contributed by atoms with Crippen LogP contribution in [0.3, 0.4) is 0 Å². The first-order valence-corrected chi connectivity index (χ1v) is 7.12. The number of nitrogens with one attached hydrogen (secondary N) is 1. The SMILES string of the molecule is COCCNC1(c2nccs2)CCSC1.